The first-order chi connectivity index (χ1) is 17.0. The molecule has 5 rings (SSSR count). The highest BCUT2D eigenvalue weighted by Gasteiger charge is 2.28. The van der Waals surface area contributed by atoms with Gasteiger partial charge in [-0.1, -0.05) is 35.5 Å². The van der Waals surface area contributed by atoms with Crippen LogP contribution in [0.15, 0.2) is 69.8 Å². The van der Waals surface area contributed by atoms with Crippen molar-refractivity contribution in [2.45, 2.75) is 32.6 Å². The number of aromatic nitrogens is 2. The first kappa shape index (κ1) is 22.6. The van der Waals surface area contributed by atoms with Gasteiger partial charge in [-0.15, -0.1) is 0 Å². The Labute approximate surface area is 202 Å². The number of furan rings is 1. The molecule has 1 aliphatic heterocycles. The maximum absolute atomic E-state index is 13.2. The number of piperidine rings is 1. The topological polar surface area (TPSA) is 101 Å². The summed E-state index contributed by atoms with van der Waals surface area (Å²) in [5, 5.41) is 7.00. The van der Waals surface area contributed by atoms with Gasteiger partial charge in [0.15, 0.2) is 5.76 Å². The largest absolute Gasteiger partial charge is 0.459 e. The molecule has 8 nitrogen and oxygen atoms in total. The Balaban J connectivity index is 1.23. The van der Waals surface area contributed by atoms with E-state index >= 15 is 0 Å². The molecule has 1 saturated heterocycles. The molecule has 0 aliphatic carbocycles. The highest BCUT2D eigenvalue weighted by atomic mass is 16.5. The number of amides is 2. The van der Waals surface area contributed by atoms with Crippen LogP contribution >= 0.6 is 0 Å². The predicted molar refractivity (Wildman–Crippen MR) is 130 cm³/mol. The molecule has 2 aromatic heterocycles. The third kappa shape index (κ3) is 4.73. The Kier molecular flexibility index (Phi) is 6.18. The number of likely N-dealkylation sites (tertiary alicyclic amines) is 1. The average Bonchev–Trinajstić information content (AvgIpc) is 3.58. The number of aryl methyl sites for hydroxylation is 2. The molecule has 1 aliphatic rings. The molecule has 2 aromatic carbocycles. The van der Waals surface area contributed by atoms with Crippen LogP contribution in [0.4, 0.5) is 5.69 Å². The Morgan fingerprint density at radius 3 is 2.54 bits per heavy atom. The second-order valence-electron chi connectivity index (χ2n) is 8.80. The third-order valence-corrected chi connectivity index (χ3v) is 6.44. The van der Waals surface area contributed by atoms with Crippen molar-refractivity contribution in [3.05, 3.63) is 89.2 Å². The molecule has 3 heterocycles. The molecule has 0 spiro atoms. The molecule has 0 bridgehead atoms. The van der Waals surface area contributed by atoms with Crippen LogP contribution < -0.4 is 5.32 Å². The van der Waals surface area contributed by atoms with E-state index in [4.69, 9.17) is 8.94 Å². The van der Waals surface area contributed by atoms with Crippen molar-refractivity contribution in [2.75, 3.05) is 18.4 Å². The minimum absolute atomic E-state index is 0.0666. The second kappa shape index (κ2) is 9.58. The van der Waals surface area contributed by atoms with Crippen molar-refractivity contribution in [3.63, 3.8) is 0 Å². The van der Waals surface area contributed by atoms with Crippen LogP contribution in [0.2, 0.25) is 0 Å². The van der Waals surface area contributed by atoms with Crippen molar-refractivity contribution in [3.8, 4) is 11.4 Å². The zero-order valence-corrected chi connectivity index (χ0v) is 19.7. The fourth-order valence-electron chi connectivity index (χ4n) is 4.33. The Morgan fingerprint density at radius 2 is 1.80 bits per heavy atom. The van der Waals surface area contributed by atoms with Gasteiger partial charge in [-0.25, -0.2) is 0 Å². The maximum Gasteiger partial charge on any atom is 0.291 e. The summed E-state index contributed by atoms with van der Waals surface area (Å²) in [5.74, 6) is 1.13. The zero-order valence-electron chi connectivity index (χ0n) is 19.7. The van der Waals surface area contributed by atoms with E-state index in [0.717, 1.165) is 29.5 Å². The highest BCUT2D eigenvalue weighted by molar-refractivity contribution is 6.04. The first-order valence-electron chi connectivity index (χ1n) is 11.6. The van der Waals surface area contributed by atoms with Crippen LogP contribution in [0.1, 0.15) is 56.7 Å². The molecular formula is C27H26N4O4. The molecule has 0 unspecified atom stereocenters. The second-order valence-corrected chi connectivity index (χ2v) is 8.80. The lowest BCUT2D eigenvalue weighted by atomic mass is 9.96. The van der Waals surface area contributed by atoms with Crippen LogP contribution in [-0.2, 0) is 0 Å². The normalized spacial score (nSPS) is 14.2. The van der Waals surface area contributed by atoms with E-state index in [9.17, 15) is 9.59 Å². The molecule has 35 heavy (non-hydrogen) atoms. The number of nitrogens with one attached hydrogen (secondary N) is 1. The predicted octanol–water partition coefficient (Wildman–Crippen LogP) is 5.22. The van der Waals surface area contributed by atoms with Gasteiger partial charge in [-0.3, -0.25) is 9.59 Å². The zero-order chi connectivity index (χ0) is 24.4. The molecule has 1 fully saturated rings. The minimum atomic E-state index is -0.354. The monoisotopic (exact) mass is 470 g/mol. The number of benzene rings is 2. The number of hydrogen-bond donors (Lipinski definition) is 1. The quantitative estimate of drug-likeness (QED) is 0.429. The number of nitrogens with zero attached hydrogens (tertiary/aromatic N) is 3. The Hall–Kier alpha value is -4.20. The van der Waals surface area contributed by atoms with Gasteiger partial charge in [0, 0.05) is 35.8 Å². The van der Waals surface area contributed by atoms with E-state index in [1.54, 1.807) is 24.3 Å². The minimum Gasteiger partial charge on any atom is -0.459 e. The number of anilines is 1. The summed E-state index contributed by atoms with van der Waals surface area (Å²) < 4.78 is 10.7. The molecule has 0 saturated carbocycles. The lowest BCUT2D eigenvalue weighted by molar-refractivity contribution is 0.0704. The summed E-state index contributed by atoms with van der Waals surface area (Å²) >= 11 is 0. The molecule has 4 aromatic rings. The van der Waals surface area contributed by atoms with Crippen molar-refractivity contribution in [1.82, 2.24) is 15.0 Å². The van der Waals surface area contributed by atoms with Gasteiger partial charge in [0.1, 0.15) is 0 Å². The summed E-state index contributed by atoms with van der Waals surface area (Å²) in [4.78, 5) is 32.0. The van der Waals surface area contributed by atoms with Crippen LogP contribution in [0.3, 0.4) is 0 Å². The third-order valence-electron chi connectivity index (χ3n) is 6.44. The van der Waals surface area contributed by atoms with Gasteiger partial charge < -0.3 is 19.2 Å². The summed E-state index contributed by atoms with van der Waals surface area (Å²) in [6, 6.07) is 16.5. The summed E-state index contributed by atoms with van der Waals surface area (Å²) in [5.41, 5.74) is 4.04. The highest BCUT2D eigenvalue weighted by Crippen LogP contribution is 2.30. The molecule has 2 amide bonds. The number of carbonyl (C=O) groups excluding carboxylic acids is 2. The van der Waals surface area contributed by atoms with Crippen molar-refractivity contribution in [1.29, 1.82) is 0 Å². The van der Waals surface area contributed by atoms with E-state index in [1.165, 1.54) is 6.26 Å². The molecule has 178 valence electrons. The SMILES string of the molecule is Cc1ccc(C(=O)N2CCC(c3nc(-c4ccccc4C)no3)CC2)cc1NC(=O)c1ccco1. The molecule has 1 N–H and O–H groups in total. The standard InChI is InChI=1S/C27H26N4O4/c1-17-6-3-4-7-21(17)24-29-26(35-30-24)19-11-13-31(14-12-19)27(33)20-10-9-18(2)22(16-20)28-25(32)23-8-5-15-34-23/h3-10,15-16,19H,11-14H2,1-2H3,(H,28,32). The van der Waals surface area contributed by atoms with Gasteiger partial charge in [-0.05, 0) is 62.1 Å². The fraction of sp³-hybridized carbons (Fsp3) is 0.259. The van der Waals surface area contributed by atoms with Crippen molar-refractivity contribution < 1.29 is 18.5 Å². The molecule has 0 atom stereocenters. The Morgan fingerprint density at radius 1 is 1.00 bits per heavy atom. The lowest BCUT2D eigenvalue weighted by Gasteiger charge is -2.30. The number of rotatable bonds is 5. The van der Waals surface area contributed by atoms with Gasteiger partial charge in [-0.2, -0.15) is 4.98 Å². The van der Waals surface area contributed by atoms with Crippen LogP contribution in [0, 0.1) is 13.8 Å². The number of hydrogen-bond acceptors (Lipinski definition) is 6. The van der Waals surface area contributed by atoms with E-state index in [2.05, 4.69) is 15.5 Å². The van der Waals surface area contributed by atoms with Gasteiger partial charge in [0.2, 0.25) is 11.7 Å². The van der Waals surface area contributed by atoms with Gasteiger partial charge in [0.25, 0.3) is 11.8 Å². The Bertz CT molecular complexity index is 1350. The average molecular weight is 471 g/mol. The summed E-state index contributed by atoms with van der Waals surface area (Å²) in [6.45, 7) is 5.09. The van der Waals surface area contributed by atoms with Gasteiger partial charge >= 0.3 is 0 Å². The van der Waals surface area contributed by atoms with E-state index in [-0.39, 0.29) is 23.5 Å². The fourth-order valence-corrected chi connectivity index (χ4v) is 4.33. The summed E-state index contributed by atoms with van der Waals surface area (Å²) in [6.07, 6.45) is 2.94. The van der Waals surface area contributed by atoms with Crippen molar-refractivity contribution in [2.24, 2.45) is 0 Å². The lowest BCUT2D eigenvalue weighted by Crippen LogP contribution is -2.38. The van der Waals surface area contributed by atoms with Crippen LogP contribution in [0.5, 0.6) is 0 Å². The van der Waals surface area contributed by atoms with Crippen molar-refractivity contribution >= 4 is 17.5 Å². The smallest absolute Gasteiger partial charge is 0.291 e. The van der Waals surface area contributed by atoms with E-state index in [1.807, 2.05) is 49.1 Å². The molecular weight excluding hydrogens is 444 g/mol. The van der Waals surface area contributed by atoms with E-state index < -0.39 is 0 Å². The summed E-state index contributed by atoms with van der Waals surface area (Å²) in [7, 11) is 0. The number of carbonyl (C=O) groups is 2. The molecule has 0 radical (unpaired) electrons. The molecule has 8 heteroatoms. The van der Waals surface area contributed by atoms with E-state index in [0.29, 0.717) is 36.1 Å². The van der Waals surface area contributed by atoms with Crippen LogP contribution in [-0.4, -0.2) is 39.9 Å². The van der Waals surface area contributed by atoms with Crippen LogP contribution in [0.25, 0.3) is 11.4 Å². The van der Waals surface area contributed by atoms with Gasteiger partial charge in [0.05, 0.1) is 6.26 Å². The first-order valence-corrected chi connectivity index (χ1v) is 11.6. The maximum atomic E-state index is 13.2.